The van der Waals surface area contributed by atoms with Crippen LogP contribution in [0.5, 0.6) is 0 Å². The molecule has 0 saturated carbocycles. The number of carbonyl (C=O) groups is 1. The van der Waals surface area contributed by atoms with E-state index in [9.17, 15) is 9.59 Å². The maximum Gasteiger partial charge on any atom is 0.257 e. The lowest BCUT2D eigenvalue weighted by atomic mass is 10.1. The van der Waals surface area contributed by atoms with Crippen LogP contribution in [-0.4, -0.2) is 37.2 Å². The predicted octanol–water partition coefficient (Wildman–Crippen LogP) is 3.83. The molecule has 2 N–H and O–H groups in total. The topological polar surface area (TPSA) is 74.4 Å². The number of fused-ring (bicyclic) bond motifs is 3. The molecule has 0 atom stereocenters. The molecule has 1 saturated heterocycles. The minimum atomic E-state index is -0.210. The molecule has 5 rings (SSSR count). The van der Waals surface area contributed by atoms with Gasteiger partial charge in [-0.3, -0.25) is 9.59 Å². The summed E-state index contributed by atoms with van der Waals surface area (Å²) in [5.74, 6) is -0.210. The molecule has 0 bridgehead atoms. The Morgan fingerprint density at radius 1 is 1.03 bits per heavy atom. The Kier molecular flexibility index (Phi) is 4.54. The predicted molar refractivity (Wildman–Crippen MR) is 117 cm³/mol. The summed E-state index contributed by atoms with van der Waals surface area (Å²) in [5.41, 5.74) is 2.88. The van der Waals surface area contributed by atoms with E-state index >= 15 is 0 Å². The second-order valence-corrected chi connectivity index (χ2v) is 7.89. The van der Waals surface area contributed by atoms with Crippen LogP contribution >= 0.6 is 11.3 Å². The maximum absolute atomic E-state index is 12.7. The van der Waals surface area contributed by atoms with Crippen molar-refractivity contribution in [2.75, 3.05) is 36.5 Å². The van der Waals surface area contributed by atoms with Crippen LogP contribution in [0, 0.1) is 0 Å². The second kappa shape index (κ2) is 7.35. The first-order valence-corrected chi connectivity index (χ1v) is 10.3. The number of aromatic amines is 1. The number of thiophene rings is 1. The van der Waals surface area contributed by atoms with Gasteiger partial charge in [0.1, 0.15) is 0 Å². The first kappa shape index (κ1) is 17.9. The molecule has 0 radical (unpaired) electrons. The smallest absolute Gasteiger partial charge is 0.257 e. The van der Waals surface area contributed by atoms with Gasteiger partial charge in [-0.05, 0) is 47.8 Å². The molecular weight excluding hydrogens is 386 g/mol. The number of rotatable bonds is 3. The third-order valence-electron chi connectivity index (χ3n) is 5.19. The monoisotopic (exact) mass is 405 g/mol. The number of anilines is 2. The summed E-state index contributed by atoms with van der Waals surface area (Å²) in [6.45, 7) is 3.22. The summed E-state index contributed by atoms with van der Waals surface area (Å²) in [6, 6.07) is 15.0. The van der Waals surface area contributed by atoms with Crippen molar-refractivity contribution >= 4 is 49.6 Å². The molecule has 6 nitrogen and oxygen atoms in total. The van der Waals surface area contributed by atoms with Gasteiger partial charge < -0.3 is 19.9 Å². The zero-order chi connectivity index (χ0) is 19.8. The van der Waals surface area contributed by atoms with E-state index in [2.05, 4.69) is 15.2 Å². The van der Waals surface area contributed by atoms with Crippen molar-refractivity contribution in [1.29, 1.82) is 0 Å². The van der Waals surface area contributed by atoms with Gasteiger partial charge >= 0.3 is 0 Å². The van der Waals surface area contributed by atoms with Gasteiger partial charge in [0.25, 0.3) is 11.5 Å². The minimum Gasteiger partial charge on any atom is -0.378 e. The van der Waals surface area contributed by atoms with Crippen LogP contribution in [0.3, 0.4) is 0 Å². The van der Waals surface area contributed by atoms with E-state index in [4.69, 9.17) is 4.74 Å². The number of aromatic nitrogens is 1. The molecule has 1 fully saturated rings. The molecule has 29 heavy (non-hydrogen) atoms. The van der Waals surface area contributed by atoms with Gasteiger partial charge in [0.15, 0.2) is 0 Å². The molecule has 146 valence electrons. The number of amides is 1. The number of H-pyrrole nitrogens is 1. The molecule has 1 aliphatic heterocycles. The van der Waals surface area contributed by atoms with Gasteiger partial charge in [0.2, 0.25) is 0 Å². The Bertz CT molecular complexity index is 1250. The van der Waals surface area contributed by atoms with Crippen molar-refractivity contribution in [1.82, 2.24) is 4.98 Å². The van der Waals surface area contributed by atoms with E-state index in [0.29, 0.717) is 16.5 Å². The van der Waals surface area contributed by atoms with Crippen molar-refractivity contribution in [3.63, 3.8) is 0 Å². The third kappa shape index (κ3) is 3.39. The molecule has 2 aromatic heterocycles. The lowest BCUT2D eigenvalue weighted by Gasteiger charge is -2.28. The quantitative estimate of drug-likeness (QED) is 0.543. The van der Waals surface area contributed by atoms with E-state index < -0.39 is 0 Å². The zero-order valence-corrected chi connectivity index (χ0v) is 16.4. The fourth-order valence-corrected chi connectivity index (χ4v) is 4.59. The summed E-state index contributed by atoms with van der Waals surface area (Å²) in [6.07, 6.45) is 0. The van der Waals surface area contributed by atoms with E-state index in [1.165, 1.54) is 11.3 Å². The standard InChI is InChI=1S/C22H19N3O3S/c26-21(23-15-2-4-16(5-3-15)25-8-10-28-11-9-25)14-1-6-17-19(13-14)24-22(27)18-7-12-29-20(17)18/h1-7,12-13H,8-11H2,(H,23,26)(H,24,27). The van der Waals surface area contributed by atoms with Crippen LogP contribution in [0.4, 0.5) is 11.4 Å². The van der Waals surface area contributed by atoms with Crippen LogP contribution in [0.15, 0.2) is 58.7 Å². The Hall–Kier alpha value is -3.16. The van der Waals surface area contributed by atoms with Gasteiger partial charge in [-0.2, -0.15) is 0 Å². The fourth-order valence-electron chi connectivity index (χ4n) is 3.65. The number of nitrogens with one attached hydrogen (secondary N) is 2. The number of nitrogens with zero attached hydrogens (tertiary/aromatic N) is 1. The van der Waals surface area contributed by atoms with Crippen LogP contribution < -0.4 is 15.8 Å². The Labute approximate surface area is 170 Å². The summed E-state index contributed by atoms with van der Waals surface area (Å²) < 4.78 is 6.32. The largest absolute Gasteiger partial charge is 0.378 e. The first-order chi connectivity index (χ1) is 14.2. The summed E-state index contributed by atoms with van der Waals surface area (Å²) >= 11 is 1.53. The zero-order valence-electron chi connectivity index (χ0n) is 15.6. The Balaban J connectivity index is 1.38. The molecule has 3 heterocycles. The van der Waals surface area contributed by atoms with Gasteiger partial charge in [-0.15, -0.1) is 11.3 Å². The minimum absolute atomic E-state index is 0.134. The summed E-state index contributed by atoms with van der Waals surface area (Å²) in [5, 5.41) is 6.46. The average Bonchev–Trinajstić information content (AvgIpc) is 3.25. The summed E-state index contributed by atoms with van der Waals surface area (Å²) in [4.78, 5) is 30.1. The highest BCUT2D eigenvalue weighted by molar-refractivity contribution is 7.18. The lowest BCUT2D eigenvalue weighted by Crippen LogP contribution is -2.36. The van der Waals surface area contributed by atoms with Crippen molar-refractivity contribution < 1.29 is 9.53 Å². The van der Waals surface area contributed by atoms with Crippen LogP contribution in [-0.2, 0) is 4.74 Å². The number of hydrogen-bond acceptors (Lipinski definition) is 5. The normalized spacial score (nSPS) is 14.4. The van der Waals surface area contributed by atoms with E-state index in [1.54, 1.807) is 12.1 Å². The molecular formula is C22H19N3O3S. The number of hydrogen-bond donors (Lipinski definition) is 2. The number of morpholine rings is 1. The average molecular weight is 405 g/mol. The summed E-state index contributed by atoms with van der Waals surface area (Å²) in [7, 11) is 0. The molecule has 0 aliphatic carbocycles. The third-order valence-corrected chi connectivity index (χ3v) is 6.13. The Morgan fingerprint density at radius 2 is 1.83 bits per heavy atom. The highest BCUT2D eigenvalue weighted by Crippen LogP contribution is 2.27. The fraction of sp³-hybridized carbons (Fsp3) is 0.182. The van der Waals surface area contributed by atoms with Crippen LogP contribution in [0.25, 0.3) is 21.0 Å². The number of carbonyl (C=O) groups excluding carboxylic acids is 1. The van der Waals surface area contributed by atoms with Gasteiger partial charge in [-0.1, -0.05) is 6.07 Å². The van der Waals surface area contributed by atoms with E-state index in [-0.39, 0.29) is 11.5 Å². The first-order valence-electron chi connectivity index (χ1n) is 9.46. The van der Waals surface area contributed by atoms with Crippen LogP contribution in [0.1, 0.15) is 10.4 Å². The van der Waals surface area contributed by atoms with Gasteiger partial charge in [0, 0.05) is 40.1 Å². The number of pyridine rings is 1. The van der Waals surface area contributed by atoms with Crippen molar-refractivity contribution in [2.45, 2.75) is 0 Å². The van der Waals surface area contributed by atoms with Crippen LogP contribution in [0.2, 0.25) is 0 Å². The highest BCUT2D eigenvalue weighted by Gasteiger charge is 2.13. The maximum atomic E-state index is 12.7. The highest BCUT2D eigenvalue weighted by atomic mass is 32.1. The van der Waals surface area contributed by atoms with Gasteiger partial charge in [0.05, 0.1) is 24.1 Å². The second-order valence-electron chi connectivity index (χ2n) is 6.98. The number of benzene rings is 2. The molecule has 7 heteroatoms. The van der Waals surface area contributed by atoms with E-state index in [1.807, 2.05) is 41.8 Å². The SMILES string of the molecule is O=C(Nc1ccc(N2CCOCC2)cc1)c1ccc2c(c1)[nH]c(=O)c1ccsc12. The molecule has 1 aliphatic rings. The molecule has 0 unspecified atom stereocenters. The molecule has 2 aromatic carbocycles. The number of ether oxygens (including phenoxy) is 1. The van der Waals surface area contributed by atoms with Gasteiger partial charge in [-0.25, -0.2) is 0 Å². The molecule has 0 spiro atoms. The van der Waals surface area contributed by atoms with Crippen molar-refractivity contribution in [2.24, 2.45) is 0 Å². The lowest BCUT2D eigenvalue weighted by molar-refractivity contribution is 0.102. The van der Waals surface area contributed by atoms with E-state index in [0.717, 1.165) is 47.8 Å². The van der Waals surface area contributed by atoms with Crippen molar-refractivity contribution in [3.8, 4) is 0 Å². The van der Waals surface area contributed by atoms with Crippen molar-refractivity contribution in [3.05, 3.63) is 69.8 Å². The molecule has 4 aromatic rings. The molecule has 1 amide bonds. The Morgan fingerprint density at radius 3 is 2.62 bits per heavy atom.